The summed E-state index contributed by atoms with van der Waals surface area (Å²) < 4.78 is 114. The van der Waals surface area contributed by atoms with Crippen LogP contribution < -0.4 is 9.44 Å². The van der Waals surface area contributed by atoms with Crippen LogP contribution in [-0.4, -0.2) is 69.1 Å². The fourth-order valence-corrected chi connectivity index (χ4v) is 7.19. The molecule has 0 amide bonds. The van der Waals surface area contributed by atoms with E-state index in [0.717, 1.165) is 31.6 Å². The second kappa shape index (κ2) is 16.4. The zero-order valence-electron chi connectivity index (χ0n) is 29.1. The normalized spacial score (nSPS) is 13.0. The largest absolute Gasteiger partial charge is 0.516 e. The van der Waals surface area contributed by atoms with Gasteiger partial charge in [-0.1, -0.05) is 53.5 Å². The molecule has 56 heavy (non-hydrogen) atoms. The van der Waals surface area contributed by atoms with Crippen molar-refractivity contribution in [3.8, 4) is 0 Å². The molecule has 0 saturated heterocycles. The molecule has 6 aromatic rings. The van der Waals surface area contributed by atoms with Gasteiger partial charge in [0.1, 0.15) is 5.82 Å². The smallest absolute Gasteiger partial charge is 0.467 e. The molecule has 21 heteroatoms. The zero-order chi connectivity index (χ0) is 41.2. The highest BCUT2D eigenvalue weighted by atomic mass is 35.5. The summed E-state index contributed by atoms with van der Waals surface area (Å²) in [6, 6.07) is 18.5. The molecule has 0 fully saturated rings. The maximum atomic E-state index is 13.4. The third-order valence-corrected chi connectivity index (χ3v) is 10.3. The Bertz CT molecular complexity index is 2650. The van der Waals surface area contributed by atoms with Gasteiger partial charge in [-0.15, -0.1) is 0 Å². The molecular weight excluding hydrogens is 829 g/mol. The van der Waals surface area contributed by atoms with Crippen LogP contribution in [0.5, 0.6) is 0 Å². The topological polar surface area (TPSA) is 168 Å². The second-order valence-electron chi connectivity index (χ2n) is 11.8. The van der Waals surface area contributed by atoms with Crippen molar-refractivity contribution in [3.05, 3.63) is 124 Å². The van der Waals surface area contributed by atoms with Crippen LogP contribution in [0.1, 0.15) is 23.2 Å². The first-order valence-corrected chi connectivity index (χ1v) is 19.9. The zero-order valence-corrected chi connectivity index (χ0v) is 32.2. The molecule has 4 aromatic carbocycles. The lowest BCUT2D eigenvalue weighted by Gasteiger charge is -2.20. The van der Waals surface area contributed by atoms with E-state index in [2.05, 4.69) is 9.82 Å². The standard InChI is InChI=1S/C18H13ClF4N2O4S.C17H16ClN3O4S/c1-29-17(26)16(11-6-5-10(20)9-13(11)19)25-8-7-12-14(3-2-4-15(12)25)24-30(27,28)18(21,22)23;1-25-17(22)16(11-6-8-12(18)9-7-11)21-15-5-3-4-14(13(15)10-19-21)20-26(2,23)24/h2-9,16,24H,1H3;3-10,16,20H,1-2H3. The fraction of sp³-hybridized carbons (Fsp3) is 0.171. The molecule has 13 nitrogen and oxygen atoms in total. The summed E-state index contributed by atoms with van der Waals surface area (Å²) in [6.45, 7) is 0. The Morgan fingerprint density at radius 1 is 0.786 bits per heavy atom. The lowest BCUT2D eigenvalue weighted by atomic mass is 10.1. The van der Waals surface area contributed by atoms with Crippen LogP contribution in [-0.2, 0) is 39.1 Å². The molecule has 296 valence electrons. The highest BCUT2D eigenvalue weighted by Gasteiger charge is 2.46. The number of ether oxygens (including phenoxy) is 2. The average Bonchev–Trinajstić information content (AvgIpc) is 3.75. The van der Waals surface area contributed by atoms with Crippen molar-refractivity contribution in [3.63, 3.8) is 0 Å². The average molecular weight is 859 g/mol. The second-order valence-corrected chi connectivity index (χ2v) is 16.0. The third-order valence-electron chi connectivity index (χ3n) is 8.06. The van der Waals surface area contributed by atoms with Gasteiger partial charge in [-0.3, -0.25) is 9.44 Å². The quantitative estimate of drug-likeness (QED) is 0.106. The van der Waals surface area contributed by atoms with Gasteiger partial charge in [0.2, 0.25) is 10.0 Å². The highest BCUT2D eigenvalue weighted by Crippen LogP contribution is 2.35. The number of esters is 2. The molecule has 2 atom stereocenters. The molecular formula is C35H29Cl2F4N5O8S2. The minimum atomic E-state index is -5.65. The van der Waals surface area contributed by atoms with Gasteiger partial charge in [0.05, 0.1) is 49.1 Å². The molecule has 0 bridgehead atoms. The van der Waals surface area contributed by atoms with Gasteiger partial charge >= 0.3 is 27.5 Å². The summed E-state index contributed by atoms with van der Waals surface area (Å²) in [5.74, 6) is -1.91. The van der Waals surface area contributed by atoms with E-state index in [1.165, 1.54) is 57.7 Å². The molecule has 2 aromatic heterocycles. The number of sulfonamides is 2. The van der Waals surface area contributed by atoms with Crippen molar-refractivity contribution >= 4 is 88.4 Å². The fourth-order valence-electron chi connectivity index (χ4n) is 5.63. The van der Waals surface area contributed by atoms with Crippen LogP contribution in [0.4, 0.5) is 28.9 Å². The highest BCUT2D eigenvalue weighted by molar-refractivity contribution is 7.93. The molecule has 6 rings (SSSR count). The Morgan fingerprint density at radius 3 is 1.95 bits per heavy atom. The Morgan fingerprint density at radius 2 is 1.38 bits per heavy atom. The number of methoxy groups -OCH3 is 2. The van der Waals surface area contributed by atoms with Crippen molar-refractivity contribution in [1.29, 1.82) is 0 Å². The molecule has 0 spiro atoms. The Labute approximate surface area is 326 Å². The van der Waals surface area contributed by atoms with Crippen LogP contribution in [0.3, 0.4) is 0 Å². The van der Waals surface area contributed by atoms with Crippen LogP contribution in [0.2, 0.25) is 10.0 Å². The Balaban J connectivity index is 0.000000216. The Hall–Kier alpha value is -5.37. The molecule has 0 aliphatic heterocycles. The first kappa shape index (κ1) is 41.8. The molecule has 0 aliphatic rings. The van der Waals surface area contributed by atoms with Gasteiger partial charge in [0, 0.05) is 32.6 Å². The number of nitrogens with zero attached hydrogens (tertiary/aromatic N) is 3. The first-order chi connectivity index (χ1) is 26.3. The van der Waals surface area contributed by atoms with Gasteiger partial charge in [0.15, 0.2) is 12.1 Å². The van der Waals surface area contributed by atoms with Crippen molar-refractivity contribution < 1.29 is 53.5 Å². The summed E-state index contributed by atoms with van der Waals surface area (Å²) in [5, 5.41) is 5.44. The minimum absolute atomic E-state index is 0.0684. The predicted octanol–water partition coefficient (Wildman–Crippen LogP) is 7.28. The van der Waals surface area contributed by atoms with Crippen molar-refractivity contribution in [2.45, 2.75) is 17.6 Å². The van der Waals surface area contributed by atoms with Gasteiger partial charge in [-0.25, -0.2) is 27.1 Å². The van der Waals surface area contributed by atoms with E-state index in [9.17, 15) is 44.0 Å². The van der Waals surface area contributed by atoms with Crippen molar-refractivity contribution in [1.82, 2.24) is 14.3 Å². The van der Waals surface area contributed by atoms with Gasteiger partial charge < -0.3 is 14.0 Å². The number of fused-ring (bicyclic) bond motifs is 2. The van der Waals surface area contributed by atoms with E-state index >= 15 is 0 Å². The molecule has 0 aliphatic carbocycles. The lowest BCUT2D eigenvalue weighted by molar-refractivity contribution is -0.144. The summed E-state index contributed by atoms with van der Waals surface area (Å²) in [4.78, 5) is 24.9. The number of halogens is 6. The SMILES string of the molecule is COC(=O)C(c1ccc(Cl)cc1)n1ncc2c(NS(C)(=O)=O)cccc21.COC(=O)C(c1ccc(F)cc1Cl)n1ccc2c(NS(=O)(=O)C(F)(F)F)cccc21. The lowest BCUT2D eigenvalue weighted by Crippen LogP contribution is -2.30. The van der Waals surface area contributed by atoms with E-state index in [1.54, 1.807) is 42.5 Å². The maximum absolute atomic E-state index is 13.4. The summed E-state index contributed by atoms with van der Waals surface area (Å²) in [7, 11) is -6.68. The molecule has 2 heterocycles. The van der Waals surface area contributed by atoms with E-state index in [0.29, 0.717) is 27.2 Å². The maximum Gasteiger partial charge on any atom is 0.516 e. The van der Waals surface area contributed by atoms with Crippen LogP contribution in [0.15, 0.2) is 97.3 Å². The molecule has 0 saturated carbocycles. The van der Waals surface area contributed by atoms with Crippen LogP contribution in [0, 0.1) is 5.82 Å². The number of carbonyl (C=O) groups excluding carboxylic acids is 2. The summed E-state index contributed by atoms with van der Waals surface area (Å²) in [5.41, 5.74) is -3.82. The molecule has 2 unspecified atom stereocenters. The number of aromatic nitrogens is 3. The van der Waals surface area contributed by atoms with E-state index in [-0.39, 0.29) is 27.2 Å². The van der Waals surface area contributed by atoms with Crippen LogP contribution in [0.25, 0.3) is 21.8 Å². The van der Waals surface area contributed by atoms with Gasteiger partial charge in [0.25, 0.3) is 0 Å². The van der Waals surface area contributed by atoms with Crippen molar-refractivity contribution in [2.75, 3.05) is 29.9 Å². The number of rotatable bonds is 10. The van der Waals surface area contributed by atoms with Gasteiger partial charge in [-0.2, -0.15) is 26.7 Å². The monoisotopic (exact) mass is 857 g/mol. The number of anilines is 2. The van der Waals surface area contributed by atoms with E-state index in [4.69, 9.17) is 32.7 Å². The summed E-state index contributed by atoms with van der Waals surface area (Å²) in [6.07, 6.45) is 3.94. The number of benzene rings is 4. The Kier molecular flexibility index (Phi) is 12.2. The van der Waals surface area contributed by atoms with Crippen LogP contribution >= 0.6 is 23.2 Å². The minimum Gasteiger partial charge on any atom is -0.467 e. The number of carbonyl (C=O) groups is 2. The van der Waals surface area contributed by atoms with Gasteiger partial charge in [-0.05, 0) is 60.2 Å². The first-order valence-electron chi connectivity index (χ1n) is 15.7. The summed E-state index contributed by atoms with van der Waals surface area (Å²) >= 11 is 12.0. The number of alkyl halides is 3. The molecule has 0 radical (unpaired) electrons. The predicted molar refractivity (Wildman–Crippen MR) is 202 cm³/mol. The third kappa shape index (κ3) is 9.01. The van der Waals surface area contributed by atoms with E-state index in [1.807, 2.05) is 0 Å². The van der Waals surface area contributed by atoms with E-state index < -0.39 is 55.4 Å². The number of hydrogen-bond donors (Lipinski definition) is 2. The number of hydrogen-bond acceptors (Lipinski definition) is 9. The van der Waals surface area contributed by atoms with Crippen molar-refractivity contribution in [2.24, 2.45) is 0 Å². The molecule has 2 N–H and O–H groups in total. The number of nitrogens with one attached hydrogen (secondary N) is 2.